The number of hydrogen-bond donors (Lipinski definition) is 1. The number of nitrogens with one attached hydrogen (secondary N) is 1. The Hall–Kier alpha value is -2.04. The van der Waals surface area contributed by atoms with Crippen molar-refractivity contribution in [2.75, 3.05) is 7.11 Å². The van der Waals surface area contributed by atoms with Crippen molar-refractivity contribution >= 4 is 35.3 Å². The summed E-state index contributed by atoms with van der Waals surface area (Å²) in [6.45, 7) is 0. The number of methoxy groups -OCH3 is 1. The maximum Gasteiger partial charge on any atom is 0.244 e. The highest BCUT2D eigenvalue weighted by atomic mass is 35.5. The first-order chi connectivity index (χ1) is 10.6. The van der Waals surface area contributed by atoms with Crippen LogP contribution in [0.2, 0.25) is 10.0 Å². The Morgan fingerprint density at radius 2 is 2.00 bits per heavy atom. The quantitative estimate of drug-likeness (QED) is 0.668. The summed E-state index contributed by atoms with van der Waals surface area (Å²) >= 11 is 12.0. The van der Waals surface area contributed by atoms with Gasteiger partial charge in [-0.15, -0.1) is 0 Å². The van der Waals surface area contributed by atoms with Crippen LogP contribution in [0.25, 0.3) is 0 Å². The van der Waals surface area contributed by atoms with Gasteiger partial charge in [-0.1, -0.05) is 53.5 Å². The summed E-state index contributed by atoms with van der Waals surface area (Å²) < 4.78 is 5.19. The number of ether oxygens (including phenoxy) is 1. The van der Waals surface area contributed by atoms with Crippen LogP contribution in [-0.4, -0.2) is 19.2 Å². The molecular formula is C16H14Cl2N2O2. The number of rotatable bonds is 5. The molecule has 0 spiro atoms. The topological polar surface area (TPSA) is 50.7 Å². The van der Waals surface area contributed by atoms with Gasteiger partial charge in [0.2, 0.25) is 5.91 Å². The molecule has 0 atom stereocenters. The van der Waals surface area contributed by atoms with Crippen molar-refractivity contribution in [3.63, 3.8) is 0 Å². The average molecular weight is 337 g/mol. The maximum absolute atomic E-state index is 11.8. The Morgan fingerprint density at radius 3 is 2.68 bits per heavy atom. The van der Waals surface area contributed by atoms with Crippen LogP contribution in [-0.2, 0) is 11.2 Å². The van der Waals surface area contributed by atoms with E-state index in [2.05, 4.69) is 10.5 Å². The molecule has 114 valence electrons. The number of halogens is 2. The van der Waals surface area contributed by atoms with Gasteiger partial charge in [-0.3, -0.25) is 4.79 Å². The van der Waals surface area contributed by atoms with Crippen LogP contribution in [0.4, 0.5) is 0 Å². The van der Waals surface area contributed by atoms with Gasteiger partial charge in [-0.05, 0) is 17.7 Å². The van der Waals surface area contributed by atoms with E-state index < -0.39 is 0 Å². The summed E-state index contributed by atoms with van der Waals surface area (Å²) in [5.74, 6) is 0.238. The molecule has 22 heavy (non-hydrogen) atoms. The summed E-state index contributed by atoms with van der Waals surface area (Å²) in [6, 6.07) is 12.6. The van der Waals surface area contributed by atoms with Crippen molar-refractivity contribution in [1.82, 2.24) is 5.43 Å². The average Bonchev–Trinajstić information content (AvgIpc) is 2.48. The van der Waals surface area contributed by atoms with Gasteiger partial charge in [0.25, 0.3) is 0 Å². The predicted molar refractivity (Wildman–Crippen MR) is 88.9 cm³/mol. The van der Waals surface area contributed by atoms with Gasteiger partial charge in [0, 0.05) is 10.6 Å². The van der Waals surface area contributed by atoms with Crippen molar-refractivity contribution < 1.29 is 9.53 Å². The first kappa shape index (κ1) is 16.3. The number of carbonyl (C=O) groups is 1. The zero-order chi connectivity index (χ0) is 15.9. The van der Waals surface area contributed by atoms with E-state index in [0.717, 1.165) is 5.56 Å². The predicted octanol–water partition coefficient (Wildman–Crippen LogP) is 3.69. The minimum atomic E-state index is -0.213. The Morgan fingerprint density at radius 1 is 1.27 bits per heavy atom. The van der Waals surface area contributed by atoms with Crippen LogP contribution in [0.15, 0.2) is 47.6 Å². The van der Waals surface area contributed by atoms with Crippen LogP contribution in [0.1, 0.15) is 11.1 Å². The monoisotopic (exact) mass is 336 g/mol. The number of benzene rings is 2. The molecule has 0 bridgehead atoms. The Balaban J connectivity index is 2.02. The van der Waals surface area contributed by atoms with E-state index in [-0.39, 0.29) is 12.3 Å². The van der Waals surface area contributed by atoms with Crippen LogP contribution >= 0.6 is 23.2 Å². The smallest absolute Gasteiger partial charge is 0.244 e. The largest absolute Gasteiger partial charge is 0.495 e. The van der Waals surface area contributed by atoms with Gasteiger partial charge in [0.15, 0.2) is 0 Å². The lowest BCUT2D eigenvalue weighted by atomic mass is 10.1. The highest BCUT2D eigenvalue weighted by Crippen LogP contribution is 2.30. The van der Waals surface area contributed by atoms with E-state index in [0.29, 0.717) is 21.4 Å². The van der Waals surface area contributed by atoms with Gasteiger partial charge in [-0.25, -0.2) is 5.43 Å². The first-order valence-electron chi connectivity index (χ1n) is 6.49. The Kier molecular flexibility index (Phi) is 5.81. The van der Waals surface area contributed by atoms with E-state index in [1.165, 1.54) is 13.3 Å². The van der Waals surface area contributed by atoms with Gasteiger partial charge >= 0.3 is 0 Å². The second-order valence-corrected chi connectivity index (χ2v) is 5.31. The molecule has 6 heteroatoms. The van der Waals surface area contributed by atoms with Gasteiger partial charge in [-0.2, -0.15) is 5.10 Å². The molecule has 2 rings (SSSR count). The Labute approximate surface area is 138 Å². The van der Waals surface area contributed by atoms with Crippen LogP contribution in [0.5, 0.6) is 5.75 Å². The second kappa shape index (κ2) is 7.82. The van der Waals surface area contributed by atoms with Gasteiger partial charge in [0.05, 0.1) is 24.8 Å². The fraction of sp³-hybridized carbons (Fsp3) is 0.125. The molecule has 0 saturated heterocycles. The summed E-state index contributed by atoms with van der Waals surface area (Å²) in [7, 11) is 1.50. The Bertz CT molecular complexity index is 688. The fourth-order valence-electron chi connectivity index (χ4n) is 1.89. The van der Waals surface area contributed by atoms with Gasteiger partial charge < -0.3 is 4.74 Å². The number of nitrogens with zero attached hydrogens (tertiary/aromatic N) is 1. The lowest BCUT2D eigenvalue weighted by Gasteiger charge is -2.07. The molecular weight excluding hydrogens is 323 g/mol. The highest BCUT2D eigenvalue weighted by molar-refractivity contribution is 6.36. The van der Waals surface area contributed by atoms with E-state index in [9.17, 15) is 4.79 Å². The van der Waals surface area contributed by atoms with E-state index in [4.69, 9.17) is 27.9 Å². The first-order valence-corrected chi connectivity index (χ1v) is 7.24. The fourth-order valence-corrected chi connectivity index (χ4v) is 2.47. The summed E-state index contributed by atoms with van der Waals surface area (Å²) in [6.07, 6.45) is 1.70. The molecule has 1 N–H and O–H groups in total. The number of carbonyl (C=O) groups excluding carboxylic acids is 1. The molecule has 0 aliphatic rings. The van der Waals surface area contributed by atoms with Crippen LogP contribution in [0.3, 0.4) is 0 Å². The minimum Gasteiger partial charge on any atom is -0.495 e. The van der Waals surface area contributed by atoms with Crippen LogP contribution in [0, 0.1) is 0 Å². The molecule has 0 saturated carbocycles. The van der Waals surface area contributed by atoms with E-state index in [1.807, 2.05) is 30.3 Å². The molecule has 0 unspecified atom stereocenters. The van der Waals surface area contributed by atoms with Crippen LogP contribution < -0.4 is 10.2 Å². The molecule has 0 radical (unpaired) electrons. The number of hydrazone groups is 1. The zero-order valence-corrected chi connectivity index (χ0v) is 13.4. The third-order valence-electron chi connectivity index (χ3n) is 2.84. The summed E-state index contributed by atoms with van der Waals surface area (Å²) in [5, 5.41) is 4.75. The molecule has 0 aromatic heterocycles. The molecule has 0 aliphatic heterocycles. The van der Waals surface area contributed by atoms with E-state index in [1.54, 1.807) is 12.1 Å². The highest BCUT2D eigenvalue weighted by Gasteiger charge is 2.08. The molecule has 0 fully saturated rings. The number of amides is 1. The summed E-state index contributed by atoms with van der Waals surface area (Å²) in [5.41, 5.74) is 3.96. The molecule has 1 amide bonds. The van der Waals surface area contributed by atoms with E-state index >= 15 is 0 Å². The normalized spacial score (nSPS) is 10.7. The SMILES string of the molecule is COc1c(Cl)cc(Cl)cc1/C=N\NC(=O)Cc1ccccc1. The number of hydrogen-bond acceptors (Lipinski definition) is 3. The second-order valence-electron chi connectivity index (χ2n) is 4.47. The maximum atomic E-state index is 11.8. The molecule has 0 aliphatic carbocycles. The van der Waals surface area contributed by atoms with Crippen molar-refractivity contribution in [3.05, 3.63) is 63.6 Å². The van der Waals surface area contributed by atoms with Crippen molar-refractivity contribution in [3.8, 4) is 5.75 Å². The molecule has 4 nitrogen and oxygen atoms in total. The minimum absolute atomic E-state index is 0.213. The summed E-state index contributed by atoms with van der Waals surface area (Å²) in [4.78, 5) is 11.8. The van der Waals surface area contributed by atoms with Crippen molar-refractivity contribution in [2.45, 2.75) is 6.42 Å². The van der Waals surface area contributed by atoms with Gasteiger partial charge in [0.1, 0.15) is 5.75 Å². The third-order valence-corrected chi connectivity index (χ3v) is 3.34. The lowest BCUT2D eigenvalue weighted by molar-refractivity contribution is -0.120. The van der Waals surface area contributed by atoms with Crippen molar-refractivity contribution in [2.24, 2.45) is 5.10 Å². The third kappa shape index (κ3) is 4.48. The molecule has 2 aromatic rings. The molecule has 2 aromatic carbocycles. The van der Waals surface area contributed by atoms with Crippen molar-refractivity contribution in [1.29, 1.82) is 0 Å². The standard InChI is InChI=1S/C16H14Cl2N2O2/c1-22-16-12(8-13(17)9-14(16)18)10-19-20-15(21)7-11-5-3-2-4-6-11/h2-6,8-10H,7H2,1H3,(H,20,21)/b19-10-. The lowest BCUT2D eigenvalue weighted by Crippen LogP contribution is -2.19. The zero-order valence-electron chi connectivity index (χ0n) is 11.8. The molecule has 0 heterocycles.